The number of ketones is 1. The second-order valence-corrected chi connectivity index (χ2v) is 3.93. The van der Waals surface area contributed by atoms with Crippen LogP contribution >= 0.6 is 0 Å². The van der Waals surface area contributed by atoms with E-state index in [0.717, 1.165) is 31.2 Å². The van der Waals surface area contributed by atoms with E-state index in [-0.39, 0.29) is 11.7 Å². The Morgan fingerprint density at radius 3 is 2.93 bits per heavy atom. The Labute approximate surface area is 83.6 Å². The summed E-state index contributed by atoms with van der Waals surface area (Å²) in [6.07, 6.45) is 3.56. The number of carbonyl (C=O) groups excluding carboxylic acids is 1. The van der Waals surface area contributed by atoms with Gasteiger partial charge >= 0.3 is 0 Å². The number of phenolic OH excluding ortho intramolecular Hbond substituents is 1. The lowest BCUT2D eigenvalue weighted by Gasteiger charge is -2.07. The number of Topliss-reactive ketones (excluding diaryl/α,β-unsaturated/α-hetero) is 1. The quantitative estimate of drug-likeness (QED) is 0.777. The van der Waals surface area contributed by atoms with Gasteiger partial charge in [-0.25, -0.2) is 0 Å². The SMILES string of the molecule is O=C1CCCC1Cc1cccc(O)c1. The van der Waals surface area contributed by atoms with Gasteiger partial charge < -0.3 is 5.11 Å². The van der Waals surface area contributed by atoms with Gasteiger partial charge in [-0.2, -0.15) is 0 Å². The first-order valence-electron chi connectivity index (χ1n) is 5.06. The number of carbonyl (C=O) groups is 1. The number of rotatable bonds is 2. The first kappa shape index (κ1) is 9.25. The largest absolute Gasteiger partial charge is 0.508 e. The molecule has 1 saturated carbocycles. The fraction of sp³-hybridized carbons (Fsp3) is 0.417. The molecule has 0 bridgehead atoms. The van der Waals surface area contributed by atoms with Crippen molar-refractivity contribution in [1.29, 1.82) is 0 Å². The van der Waals surface area contributed by atoms with Crippen molar-refractivity contribution in [3.05, 3.63) is 29.8 Å². The summed E-state index contributed by atoms with van der Waals surface area (Å²) in [5.41, 5.74) is 1.06. The van der Waals surface area contributed by atoms with E-state index in [1.807, 2.05) is 12.1 Å². The first-order valence-corrected chi connectivity index (χ1v) is 5.06. The molecule has 0 aliphatic heterocycles. The van der Waals surface area contributed by atoms with E-state index < -0.39 is 0 Å². The molecule has 1 N–H and O–H groups in total. The lowest BCUT2D eigenvalue weighted by molar-refractivity contribution is -0.120. The molecule has 0 radical (unpaired) electrons. The lowest BCUT2D eigenvalue weighted by atomic mass is 9.97. The molecule has 0 heterocycles. The van der Waals surface area contributed by atoms with Crippen LogP contribution in [0.4, 0.5) is 0 Å². The van der Waals surface area contributed by atoms with Crippen LogP contribution in [0, 0.1) is 5.92 Å². The Bertz CT molecular complexity index is 344. The summed E-state index contributed by atoms with van der Waals surface area (Å²) in [5, 5.41) is 9.27. The molecule has 1 unspecified atom stereocenters. The maximum absolute atomic E-state index is 11.4. The Hall–Kier alpha value is -1.31. The van der Waals surface area contributed by atoms with E-state index in [2.05, 4.69) is 0 Å². The van der Waals surface area contributed by atoms with Crippen LogP contribution in [0.25, 0.3) is 0 Å². The molecule has 1 aliphatic carbocycles. The van der Waals surface area contributed by atoms with Gasteiger partial charge in [0.1, 0.15) is 11.5 Å². The van der Waals surface area contributed by atoms with Gasteiger partial charge in [-0.1, -0.05) is 12.1 Å². The van der Waals surface area contributed by atoms with Gasteiger partial charge in [0.25, 0.3) is 0 Å². The van der Waals surface area contributed by atoms with Gasteiger partial charge in [0.15, 0.2) is 0 Å². The molecule has 74 valence electrons. The van der Waals surface area contributed by atoms with E-state index in [1.54, 1.807) is 12.1 Å². The van der Waals surface area contributed by atoms with Crippen molar-refractivity contribution in [3.63, 3.8) is 0 Å². The predicted octanol–water partition coefficient (Wildman–Crippen LogP) is 2.30. The molecule has 2 heteroatoms. The van der Waals surface area contributed by atoms with E-state index in [1.165, 1.54) is 0 Å². The number of aromatic hydroxyl groups is 1. The van der Waals surface area contributed by atoms with Crippen molar-refractivity contribution in [3.8, 4) is 5.75 Å². The van der Waals surface area contributed by atoms with Gasteiger partial charge in [0.05, 0.1) is 0 Å². The van der Waals surface area contributed by atoms with E-state index >= 15 is 0 Å². The minimum absolute atomic E-state index is 0.191. The summed E-state index contributed by atoms with van der Waals surface area (Å²) in [7, 11) is 0. The summed E-state index contributed by atoms with van der Waals surface area (Å²) in [6.45, 7) is 0. The number of benzene rings is 1. The van der Waals surface area contributed by atoms with Crippen LogP contribution in [0.5, 0.6) is 5.75 Å². The molecule has 2 rings (SSSR count). The zero-order chi connectivity index (χ0) is 9.97. The molecule has 0 aromatic heterocycles. The van der Waals surface area contributed by atoms with Crippen LogP contribution in [-0.2, 0) is 11.2 Å². The zero-order valence-electron chi connectivity index (χ0n) is 8.07. The molecule has 0 spiro atoms. The Morgan fingerprint density at radius 1 is 1.43 bits per heavy atom. The fourth-order valence-electron chi connectivity index (χ4n) is 2.07. The molecule has 1 aromatic rings. The smallest absolute Gasteiger partial charge is 0.136 e. The average Bonchev–Trinajstić information content (AvgIpc) is 2.52. The van der Waals surface area contributed by atoms with Crippen LogP contribution in [0.3, 0.4) is 0 Å². The molecular weight excluding hydrogens is 176 g/mol. The van der Waals surface area contributed by atoms with Gasteiger partial charge in [0.2, 0.25) is 0 Å². The predicted molar refractivity (Wildman–Crippen MR) is 54.2 cm³/mol. The summed E-state index contributed by atoms with van der Waals surface area (Å²) >= 11 is 0. The Morgan fingerprint density at radius 2 is 2.29 bits per heavy atom. The van der Waals surface area contributed by atoms with Crippen molar-refractivity contribution >= 4 is 5.78 Å². The average molecular weight is 190 g/mol. The third kappa shape index (κ3) is 1.95. The third-order valence-corrected chi connectivity index (χ3v) is 2.82. The molecular formula is C12H14O2. The maximum atomic E-state index is 11.4. The van der Waals surface area contributed by atoms with Crippen molar-refractivity contribution in [2.24, 2.45) is 5.92 Å². The number of phenols is 1. The van der Waals surface area contributed by atoms with Crippen LogP contribution in [0.2, 0.25) is 0 Å². The maximum Gasteiger partial charge on any atom is 0.136 e. The summed E-state index contributed by atoms with van der Waals surface area (Å²) in [5.74, 6) is 0.859. The highest BCUT2D eigenvalue weighted by Gasteiger charge is 2.24. The molecule has 2 nitrogen and oxygen atoms in total. The summed E-state index contributed by atoms with van der Waals surface area (Å²) in [6, 6.07) is 7.18. The first-order chi connectivity index (χ1) is 6.75. The van der Waals surface area contributed by atoms with E-state index in [0.29, 0.717) is 5.78 Å². The molecule has 14 heavy (non-hydrogen) atoms. The van der Waals surface area contributed by atoms with E-state index in [4.69, 9.17) is 0 Å². The van der Waals surface area contributed by atoms with Crippen LogP contribution < -0.4 is 0 Å². The van der Waals surface area contributed by atoms with Crippen molar-refractivity contribution in [2.75, 3.05) is 0 Å². The molecule has 1 aromatic carbocycles. The Kier molecular flexibility index (Phi) is 2.53. The lowest BCUT2D eigenvalue weighted by Crippen LogP contribution is -2.09. The molecule has 1 aliphatic rings. The van der Waals surface area contributed by atoms with Crippen LogP contribution in [-0.4, -0.2) is 10.9 Å². The molecule has 0 saturated heterocycles. The minimum Gasteiger partial charge on any atom is -0.508 e. The second kappa shape index (κ2) is 3.82. The van der Waals surface area contributed by atoms with E-state index in [9.17, 15) is 9.90 Å². The van der Waals surface area contributed by atoms with Crippen molar-refractivity contribution in [2.45, 2.75) is 25.7 Å². The van der Waals surface area contributed by atoms with Crippen molar-refractivity contribution < 1.29 is 9.90 Å². The molecule has 1 fully saturated rings. The summed E-state index contributed by atoms with van der Waals surface area (Å²) in [4.78, 5) is 11.4. The van der Waals surface area contributed by atoms with Gasteiger partial charge in [0, 0.05) is 12.3 Å². The molecule has 0 amide bonds. The highest BCUT2D eigenvalue weighted by Crippen LogP contribution is 2.25. The number of hydrogen-bond acceptors (Lipinski definition) is 2. The van der Waals surface area contributed by atoms with Gasteiger partial charge in [-0.05, 0) is 37.0 Å². The zero-order valence-corrected chi connectivity index (χ0v) is 8.07. The summed E-state index contributed by atoms with van der Waals surface area (Å²) < 4.78 is 0. The van der Waals surface area contributed by atoms with Crippen LogP contribution in [0.1, 0.15) is 24.8 Å². The topological polar surface area (TPSA) is 37.3 Å². The second-order valence-electron chi connectivity index (χ2n) is 3.93. The number of hydrogen-bond donors (Lipinski definition) is 1. The molecule has 1 atom stereocenters. The van der Waals surface area contributed by atoms with Gasteiger partial charge in [-0.3, -0.25) is 4.79 Å². The highest BCUT2D eigenvalue weighted by molar-refractivity contribution is 5.83. The Balaban J connectivity index is 2.07. The minimum atomic E-state index is 0.191. The monoisotopic (exact) mass is 190 g/mol. The highest BCUT2D eigenvalue weighted by atomic mass is 16.3. The normalized spacial score (nSPS) is 21.4. The third-order valence-electron chi connectivity index (χ3n) is 2.82. The van der Waals surface area contributed by atoms with Crippen molar-refractivity contribution in [1.82, 2.24) is 0 Å². The fourth-order valence-corrected chi connectivity index (χ4v) is 2.07. The van der Waals surface area contributed by atoms with Gasteiger partial charge in [-0.15, -0.1) is 0 Å². The van der Waals surface area contributed by atoms with Crippen LogP contribution in [0.15, 0.2) is 24.3 Å². The standard InChI is InChI=1S/C12H14O2/c13-11-5-1-3-9(8-11)7-10-4-2-6-12(10)14/h1,3,5,8,10,13H,2,4,6-7H2.